The van der Waals surface area contributed by atoms with E-state index in [0.717, 1.165) is 5.56 Å². The molecule has 0 fully saturated rings. The highest BCUT2D eigenvalue weighted by Crippen LogP contribution is 2.33. The van der Waals surface area contributed by atoms with Crippen molar-refractivity contribution >= 4 is 17.4 Å². The Kier molecular flexibility index (Phi) is 5.12. The maximum atomic E-state index is 13.3. The molecule has 1 aliphatic heterocycles. The van der Waals surface area contributed by atoms with Gasteiger partial charge in [0.25, 0.3) is 0 Å². The molecule has 0 spiro atoms. The maximum absolute atomic E-state index is 13.3. The van der Waals surface area contributed by atoms with Crippen molar-refractivity contribution in [2.75, 3.05) is 17.4 Å². The van der Waals surface area contributed by atoms with Gasteiger partial charge in [0.1, 0.15) is 5.82 Å². The first-order valence-corrected chi connectivity index (χ1v) is 9.77. The SMILES string of the molecule is O=C(Nc1cccc(F)c1)Nc1cccc(-c2nnc(Cc3ccc4c(c3)OCO4)o2)c1. The van der Waals surface area contributed by atoms with Gasteiger partial charge in [-0.05, 0) is 54.1 Å². The lowest BCUT2D eigenvalue weighted by Gasteiger charge is -2.08. The number of carbonyl (C=O) groups excluding carboxylic acids is 1. The van der Waals surface area contributed by atoms with E-state index in [9.17, 15) is 9.18 Å². The minimum absolute atomic E-state index is 0.216. The van der Waals surface area contributed by atoms with Gasteiger partial charge in [-0.2, -0.15) is 0 Å². The van der Waals surface area contributed by atoms with Gasteiger partial charge in [0.05, 0.1) is 6.42 Å². The maximum Gasteiger partial charge on any atom is 0.323 e. The molecule has 1 aromatic heterocycles. The molecule has 0 saturated heterocycles. The highest BCUT2D eigenvalue weighted by atomic mass is 19.1. The number of aromatic nitrogens is 2. The minimum Gasteiger partial charge on any atom is -0.454 e. The minimum atomic E-state index is -0.498. The molecule has 9 heteroatoms. The van der Waals surface area contributed by atoms with E-state index in [1.165, 1.54) is 18.2 Å². The molecule has 2 N–H and O–H groups in total. The average molecular weight is 432 g/mol. The van der Waals surface area contributed by atoms with Gasteiger partial charge in [-0.15, -0.1) is 10.2 Å². The molecule has 2 heterocycles. The monoisotopic (exact) mass is 432 g/mol. The van der Waals surface area contributed by atoms with Crippen LogP contribution in [0.3, 0.4) is 0 Å². The molecule has 0 atom stereocenters. The summed E-state index contributed by atoms with van der Waals surface area (Å²) >= 11 is 0. The molecular formula is C23H17FN4O4. The number of nitrogens with one attached hydrogen (secondary N) is 2. The zero-order valence-electron chi connectivity index (χ0n) is 16.7. The van der Waals surface area contributed by atoms with E-state index in [4.69, 9.17) is 13.9 Å². The van der Waals surface area contributed by atoms with Crippen LogP contribution in [0.5, 0.6) is 11.5 Å². The zero-order valence-corrected chi connectivity index (χ0v) is 16.7. The quantitative estimate of drug-likeness (QED) is 0.468. The predicted molar refractivity (Wildman–Crippen MR) is 114 cm³/mol. The van der Waals surface area contributed by atoms with Crippen molar-refractivity contribution in [3.63, 3.8) is 0 Å². The van der Waals surface area contributed by atoms with Gasteiger partial charge in [-0.3, -0.25) is 0 Å². The van der Waals surface area contributed by atoms with E-state index >= 15 is 0 Å². The van der Waals surface area contributed by atoms with Gasteiger partial charge in [0.2, 0.25) is 18.6 Å². The molecule has 0 aliphatic carbocycles. The fraction of sp³-hybridized carbons (Fsp3) is 0.0870. The summed E-state index contributed by atoms with van der Waals surface area (Å²) in [6.45, 7) is 0.216. The summed E-state index contributed by atoms with van der Waals surface area (Å²) in [5.41, 5.74) is 2.47. The summed E-state index contributed by atoms with van der Waals surface area (Å²) in [4.78, 5) is 12.2. The Morgan fingerprint density at radius 1 is 0.906 bits per heavy atom. The molecule has 5 rings (SSSR count). The van der Waals surface area contributed by atoms with E-state index in [2.05, 4.69) is 20.8 Å². The van der Waals surface area contributed by atoms with Crippen molar-refractivity contribution in [1.82, 2.24) is 10.2 Å². The first kappa shape index (κ1) is 19.6. The average Bonchev–Trinajstić information content (AvgIpc) is 3.43. The number of amides is 2. The zero-order chi connectivity index (χ0) is 21.9. The van der Waals surface area contributed by atoms with E-state index in [1.807, 2.05) is 18.2 Å². The van der Waals surface area contributed by atoms with Gasteiger partial charge >= 0.3 is 6.03 Å². The summed E-state index contributed by atoms with van der Waals surface area (Å²) in [5, 5.41) is 13.5. The van der Waals surface area contributed by atoms with Crippen LogP contribution in [0.4, 0.5) is 20.6 Å². The third-order valence-corrected chi connectivity index (χ3v) is 4.71. The topological polar surface area (TPSA) is 98.5 Å². The van der Waals surface area contributed by atoms with Crippen molar-refractivity contribution < 1.29 is 23.1 Å². The highest BCUT2D eigenvalue weighted by Gasteiger charge is 2.15. The van der Waals surface area contributed by atoms with Crippen LogP contribution in [-0.2, 0) is 6.42 Å². The van der Waals surface area contributed by atoms with Crippen LogP contribution in [0.2, 0.25) is 0 Å². The number of rotatable bonds is 5. The molecule has 160 valence electrons. The molecule has 8 nitrogen and oxygen atoms in total. The number of hydrogen-bond acceptors (Lipinski definition) is 6. The number of benzene rings is 3. The molecule has 4 aromatic rings. The number of hydrogen-bond donors (Lipinski definition) is 2. The van der Waals surface area contributed by atoms with E-state index < -0.39 is 11.8 Å². The number of halogens is 1. The Hall–Kier alpha value is -4.40. The predicted octanol–water partition coefficient (Wildman–Crippen LogP) is 4.84. The summed E-state index contributed by atoms with van der Waals surface area (Å²) in [6.07, 6.45) is 0.442. The molecule has 0 bridgehead atoms. The van der Waals surface area contributed by atoms with Crippen molar-refractivity contribution in [3.8, 4) is 23.0 Å². The van der Waals surface area contributed by atoms with Crippen LogP contribution in [0.25, 0.3) is 11.5 Å². The van der Waals surface area contributed by atoms with Crippen LogP contribution in [0.1, 0.15) is 11.5 Å². The third-order valence-electron chi connectivity index (χ3n) is 4.71. The first-order chi connectivity index (χ1) is 15.6. The van der Waals surface area contributed by atoms with Gasteiger partial charge in [-0.1, -0.05) is 18.2 Å². The highest BCUT2D eigenvalue weighted by molar-refractivity contribution is 6.00. The van der Waals surface area contributed by atoms with Crippen molar-refractivity contribution in [3.05, 3.63) is 84.0 Å². The van der Waals surface area contributed by atoms with Crippen molar-refractivity contribution in [2.45, 2.75) is 6.42 Å². The number of carbonyl (C=O) groups is 1. The Labute approximate surface area is 182 Å². The smallest absolute Gasteiger partial charge is 0.323 e. The fourth-order valence-corrected chi connectivity index (χ4v) is 3.26. The number of anilines is 2. The standard InChI is InChI=1S/C23H17FN4O4/c24-16-4-2-6-18(12-16)26-23(29)25-17-5-1-3-15(11-17)22-28-27-21(32-22)10-14-7-8-19-20(9-14)31-13-30-19/h1-9,11-12H,10,13H2,(H2,25,26,29). The summed E-state index contributed by atoms with van der Waals surface area (Å²) in [7, 11) is 0. The van der Waals surface area contributed by atoms with E-state index in [-0.39, 0.29) is 6.79 Å². The lowest BCUT2D eigenvalue weighted by molar-refractivity contribution is 0.174. The normalized spacial score (nSPS) is 11.9. The number of ether oxygens (including phenoxy) is 2. The van der Waals surface area contributed by atoms with Crippen LogP contribution >= 0.6 is 0 Å². The fourth-order valence-electron chi connectivity index (χ4n) is 3.26. The third kappa shape index (κ3) is 4.36. The molecule has 0 unspecified atom stereocenters. The van der Waals surface area contributed by atoms with Gasteiger partial charge in [0.15, 0.2) is 11.5 Å². The molecule has 0 saturated carbocycles. The second kappa shape index (κ2) is 8.38. The number of urea groups is 1. The first-order valence-electron chi connectivity index (χ1n) is 9.77. The second-order valence-corrected chi connectivity index (χ2v) is 7.04. The van der Waals surface area contributed by atoms with Crippen LogP contribution in [0.15, 0.2) is 71.1 Å². The Morgan fingerprint density at radius 3 is 2.53 bits per heavy atom. The number of fused-ring (bicyclic) bond motifs is 1. The summed E-state index contributed by atoms with van der Waals surface area (Å²) in [5.74, 6) is 1.75. The Bertz CT molecular complexity index is 1290. The summed E-state index contributed by atoms with van der Waals surface area (Å²) in [6, 6.07) is 17.8. The van der Waals surface area contributed by atoms with Crippen LogP contribution < -0.4 is 20.1 Å². The molecule has 2 amide bonds. The molecule has 32 heavy (non-hydrogen) atoms. The lowest BCUT2D eigenvalue weighted by Crippen LogP contribution is -2.19. The molecular weight excluding hydrogens is 415 g/mol. The Morgan fingerprint density at radius 2 is 1.69 bits per heavy atom. The molecule has 3 aromatic carbocycles. The number of nitrogens with zero attached hydrogens (tertiary/aromatic N) is 2. The lowest BCUT2D eigenvalue weighted by atomic mass is 10.1. The van der Waals surface area contributed by atoms with Gasteiger partial charge in [-0.25, -0.2) is 9.18 Å². The van der Waals surface area contributed by atoms with Crippen molar-refractivity contribution in [1.29, 1.82) is 0 Å². The summed E-state index contributed by atoms with van der Waals surface area (Å²) < 4.78 is 29.8. The second-order valence-electron chi connectivity index (χ2n) is 7.04. The van der Waals surface area contributed by atoms with E-state index in [1.54, 1.807) is 30.3 Å². The van der Waals surface area contributed by atoms with E-state index in [0.29, 0.717) is 46.6 Å². The van der Waals surface area contributed by atoms with Gasteiger partial charge < -0.3 is 24.5 Å². The van der Waals surface area contributed by atoms with Crippen LogP contribution in [0, 0.1) is 5.82 Å². The van der Waals surface area contributed by atoms with Crippen molar-refractivity contribution in [2.24, 2.45) is 0 Å². The Balaban J connectivity index is 1.26. The van der Waals surface area contributed by atoms with Gasteiger partial charge in [0, 0.05) is 16.9 Å². The molecule has 0 radical (unpaired) electrons. The largest absolute Gasteiger partial charge is 0.454 e. The molecule has 1 aliphatic rings. The van der Waals surface area contributed by atoms with Crippen LogP contribution in [-0.4, -0.2) is 23.0 Å².